The summed E-state index contributed by atoms with van der Waals surface area (Å²) in [6, 6.07) is 0.984. The van der Waals surface area contributed by atoms with Crippen molar-refractivity contribution in [3.63, 3.8) is 0 Å². The van der Waals surface area contributed by atoms with Crippen molar-refractivity contribution in [2.45, 2.75) is 39.2 Å². The van der Waals surface area contributed by atoms with E-state index in [9.17, 15) is 20.0 Å². The number of carboxylic acids is 1. The lowest BCUT2D eigenvalue weighted by atomic mass is 9.89. The first-order valence-electron chi connectivity index (χ1n) is 7.04. The minimum absolute atomic E-state index is 0.0472. The van der Waals surface area contributed by atoms with E-state index in [-0.39, 0.29) is 5.69 Å². The Balaban J connectivity index is 2.29. The van der Waals surface area contributed by atoms with Gasteiger partial charge in [-0.15, -0.1) is 0 Å². The summed E-state index contributed by atoms with van der Waals surface area (Å²) in [6.45, 7) is 4.31. The zero-order valence-electron chi connectivity index (χ0n) is 12.2. The van der Waals surface area contributed by atoms with E-state index in [1.54, 1.807) is 17.9 Å². The van der Waals surface area contributed by atoms with Crippen molar-refractivity contribution in [3.05, 3.63) is 27.9 Å². The third-order valence-corrected chi connectivity index (χ3v) is 4.13. The van der Waals surface area contributed by atoms with Crippen molar-refractivity contribution in [1.29, 1.82) is 0 Å². The summed E-state index contributed by atoms with van der Waals surface area (Å²) in [5, 5.41) is 20.2. The van der Waals surface area contributed by atoms with Crippen LogP contribution in [0, 0.1) is 23.0 Å². The van der Waals surface area contributed by atoms with Gasteiger partial charge in [0.2, 0.25) is 0 Å². The molecule has 7 nitrogen and oxygen atoms in total. The van der Waals surface area contributed by atoms with Crippen LogP contribution in [0.15, 0.2) is 12.3 Å². The summed E-state index contributed by atoms with van der Waals surface area (Å²) in [5.41, 5.74) is 0.445. The zero-order valence-corrected chi connectivity index (χ0v) is 12.2. The Morgan fingerprint density at radius 2 is 2.33 bits per heavy atom. The molecule has 0 bridgehead atoms. The van der Waals surface area contributed by atoms with E-state index >= 15 is 0 Å². The average Bonchev–Trinajstić information content (AvgIpc) is 2.46. The zero-order chi connectivity index (χ0) is 15.6. The van der Waals surface area contributed by atoms with Crippen LogP contribution in [0.1, 0.15) is 31.7 Å². The lowest BCUT2D eigenvalue weighted by molar-refractivity contribution is -0.385. The van der Waals surface area contributed by atoms with Crippen molar-refractivity contribution in [2.24, 2.45) is 5.92 Å². The average molecular weight is 293 g/mol. The van der Waals surface area contributed by atoms with Gasteiger partial charge in [-0.25, -0.2) is 9.78 Å². The SMILES string of the molecule is CCC1CCN(c2cc(C)c([N+](=O)[O-])cn2)C(C(=O)O)C1. The second kappa shape index (κ2) is 6.07. The van der Waals surface area contributed by atoms with Crippen LogP contribution in [0.2, 0.25) is 0 Å². The predicted molar refractivity (Wildman–Crippen MR) is 77.4 cm³/mol. The van der Waals surface area contributed by atoms with Crippen LogP contribution in [-0.2, 0) is 4.79 Å². The number of aryl methyl sites for hydroxylation is 1. The van der Waals surface area contributed by atoms with E-state index in [1.807, 2.05) is 0 Å². The Labute approximate surface area is 122 Å². The van der Waals surface area contributed by atoms with Crippen LogP contribution < -0.4 is 4.90 Å². The predicted octanol–water partition coefficient (Wildman–Crippen LogP) is 2.38. The van der Waals surface area contributed by atoms with E-state index in [0.717, 1.165) is 12.8 Å². The van der Waals surface area contributed by atoms with E-state index in [2.05, 4.69) is 11.9 Å². The van der Waals surface area contributed by atoms with E-state index in [1.165, 1.54) is 6.20 Å². The Morgan fingerprint density at radius 1 is 1.62 bits per heavy atom. The third-order valence-electron chi connectivity index (χ3n) is 4.13. The summed E-state index contributed by atoms with van der Waals surface area (Å²) < 4.78 is 0. The lowest BCUT2D eigenvalue weighted by Crippen LogP contribution is -2.47. The number of pyridine rings is 1. The number of nitro groups is 1. The van der Waals surface area contributed by atoms with Crippen molar-refractivity contribution in [3.8, 4) is 0 Å². The lowest BCUT2D eigenvalue weighted by Gasteiger charge is -2.37. The summed E-state index contributed by atoms with van der Waals surface area (Å²) in [5.74, 6) is 0.0347. The van der Waals surface area contributed by atoms with Crippen LogP contribution >= 0.6 is 0 Å². The normalized spacial score (nSPS) is 22.1. The molecule has 2 atom stereocenters. The standard InChI is InChI=1S/C14H19N3O4/c1-3-10-4-5-16(11(7-10)14(18)19)13-6-9(2)12(8-15-13)17(20)21/h6,8,10-11H,3-5,7H2,1-2H3,(H,18,19). The first-order valence-corrected chi connectivity index (χ1v) is 7.04. The molecule has 2 unspecified atom stereocenters. The van der Waals surface area contributed by atoms with E-state index in [0.29, 0.717) is 30.3 Å². The Morgan fingerprint density at radius 3 is 2.86 bits per heavy atom. The summed E-state index contributed by atoms with van der Waals surface area (Å²) in [7, 11) is 0. The number of nitrogens with zero attached hydrogens (tertiary/aromatic N) is 3. The van der Waals surface area contributed by atoms with Gasteiger partial charge in [-0.3, -0.25) is 10.1 Å². The monoisotopic (exact) mass is 293 g/mol. The van der Waals surface area contributed by atoms with E-state index in [4.69, 9.17) is 0 Å². The first-order chi connectivity index (χ1) is 9.93. The molecule has 1 N–H and O–H groups in total. The van der Waals surface area contributed by atoms with Gasteiger partial charge in [0.25, 0.3) is 5.69 Å². The molecule has 0 saturated carbocycles. The molecule has 1 fully saturated rings. The molecule has 0 radical (unpaired) electrons. The highest BCUT2D eigenvalue weighted by Crippen LogP contribution is 2.30. The fraction of sp³-hybridized carbons (Fsp3) is 0.571. The molecule has 2 rings (SSSR count). The second-order valence-corrected chi connectivity index (χ2v) is 5.43. The molecular weight excluding hydrogens is 274 g/mol. The molecule has 1 aromatic rings. The number of hydrogen-bond donors (Lipinski definition) is 1. The quantitative estimate of drug-likeness (QED) is 0.676. The van der Waals surface area contributed by atoms with Crippen molar-refractivity contribution < 1.29 is 14.8 Å². The Bertz CT molecular complexity index is 561. The maximum absolute atomic E-state index is 11.5. The molecule has 1 saturated heterocycles. The smallest absolute Gasteiger partial charge is 0.326 e. The molecule has 0 aromatic carbocycles. The van der Waals surface area contributed by atoms with Gasteiger partial charge in [-0.2, -0.15) is 0 Å². The molecule has 1 aliphatic heterocycles. The minimum atomic E-state index is -0.869. The van der Waals surface area contributed by atoms with Gasteiger partial charge in [0.05, 0.1) is 4.92 Å². The molecule has 7 heteroatoms. The second-order valence-electron chi connectivity index (χ2n) is 5.43. The van der Waals surface area contributed by atoms with Crippen LogP contribution in [0.4, 0.5) is 11.5 Å². The molecule has 2 heterocycles. The number of carboxylic acid groups (broad SMARTS) is 1. The molecule has 1 aromatic heterocycles. The number of anilines is 1. The van der Waals surface area contributed by atoms with Gasteiger partial charge in [0.15, 0.2) is 0 Å². The van der Waals surface area contributed by atoms with Gasteiger partial charge in [-0.1, -0.05) is 13.3 Å². The van der Waals surface area contributed by atoms with Crippen LogP contribution in [0.25, 0.3) is 0 Å². The molecule has 0 aliphatic carbocycles. The molecule has 21 heavy (non-hydrogen) atoms. The number of aliphatic carboxylic acids is 1. The van der Waals surface area contributed by atoms with Gasteiger partial charge in [0.1, 0.15) is 18.1 Å². The fourth-order valence-electron chi connectivity index (χ4n) is 2.80. The van der Waals surface area contributed by atoms with Crippen molar-refractivity contribution in [2.75, 3.05) is 11.4 Å². The Hall–Kier alpha value is -2.18. The summed E-state index contributed by atoms with van der Waals surface area (Å²) >= 11 is 0. The van der Waals surface area contributed by atoms with Crippen LogP contribution in [0.5, 0.6) is 0 Å². The summed E-state index contributed by atoms with van der Waals surface area (Å²) in [6.07, 6.45) is 3.67. The Kier molecular flexibility index (Phi) is 4.40. The summed E-state index contributed by atoms with van der Waals surface area (Å²) in [4.78, 5) is 27.7. The molecule has 0 amide bonds. The maximum Gasteiger partial charge on any atom is 0.326 e. The van der Waals surface area contributed by atoms with Gasteiger partial charge < -0.3 is 10.0 Å². The fourth-order valence-corrected chi connectivity index (χ4v) is 2.80. The van der Waals surface area contributed by atoms with Crippen molar-refractivity contribution >= 4 is 17.5 Å². The van der Waals surface area contributed by atoms with Crippen LogP contribution in [-0.4, -0.2) is 33.6 Å². The largest absolute Gasteiger partial charge is 0.480 e. The van der Waals surface area contributed by atoms with Crippen molar-refractivity contribution in [1.82, 2.24) is 4.98 Å². The van der Waals surface area contributed by atoms with Gasteiger partial charge in [0, 0.05) is 12.1 Å². The van der Waals surface area contributed by atoms with Crippen LogP contribution in [0.3, 0.4) is 0 Å². The molecule has 1 aliphatic rings. The molecule has 114 valence electrons. The first kappa shape index (κ1) is 15.2. The number of aromatic nitrogens is 1. The molecule has 0 spiro atoms. The third kappa shape index (κ3) is 3.12. The number of rotatable bonds is 4. The number of hydrogen-bond acceptors (Lipinski definition) is 5. The highest BCUT2D eigenvalue weighted by Gasteiger charge is 2.33. The highest BCUT2D eigenvalue weighted by molar-refractivity contribution is 5.78. The maximum atomic E-state index is 11.5. The topological polar surface area (TPSA) is 96.6 Å². The van der Waals surface area contributed by atoms with E-state index < -0.39 is 16.9 Å². The highest BCUT2D eigenvalue weighted by atomic mass is 16.6. The number of carbonyl (C=O) groups is 1. The van der Waals surface area contributed by atoms with Gasteiger partial charge >= 0.3 is 5.97 Å². The number of piperidine rings is 1. The minimum Gasteiger partial charge on any atom is -0.480 e. The van der Waals surface area contributed by atoms with Gasteiger partial charge in [-0.05, 0) is 31.7 Å². The molecular formula is C14H19N3O4.